The molecular weight excluding hydrogens is 344 g/mol. The monoisotopic (exact) mass is 372 g/mol. The summed E-state index contributed by atoms with van der Waals surface area (Å²) in [7, 11) is -3.32. The fourth-order valence-corrected chi connectivity index (χ4v) is 3.37. The maximum Gasteiger partial charge on any atom is 0.178 e. The van der Waals surface area contributed by atoms with Crippen LogP contribution in [-0.4, -0.2) is 30.9 Å². The highest BCUT2D eigenvalue weighted by molar-refractivity contribution is 7.91. The summed E-state index contributed by atoms with van der Waals surface area (Å²) < 4.78 is 23.8. The first-order valence-corrected chi connectivity index (χ1v) is 10.6. The average Bonchev–Trinajstić information content (AvgIpc) is 2.56. The molecule has 0 unspecified atom stereocenters. The van der Waals surface area contributed by atoms with Crippen LogP contribution in [0.25, 0.3) is 0 Å². The molecule has 1 rings (SSSR count). The van der Waals surface area contributed by atoms with Gasteiger partial charge in [0, 0.05) is 6.54 Å². The standard InChI is InChI=1S/C17H28N2O3S2/c1-3-5-6-7-8-9-12-18-17(23)19-15-13-14(10-11-16(15)20)24(21,22)4-2/h10-11,13,20H,3-9,12H2,1-2H3,(H2,18,19,23). The molecule has 136 valence electrons. The number of phenolic OH excluding ortho intramolecular Hbond substituents is 1. The van der Waals surface area contributed by atoms with Crippen molar-refractivity contribution in [3.63, 3.8) is 0 Å². The largest absolute Gasteiger partial charge is 0.506 e. The van der Waals surface area contributed by atoms with Gasteiger partial charge in [-0.05, 0) is 36.8 Å². The summed E-state index contributed by atoms with van der Waals surface area (Å²) in [5.74, 6) is -0.0217. The van der Waals surface area contributed by atoms with Crippen molar-refractivity contribution < 1.29 is 13.5 Å². The van der Waals surface area contributed by atoms with E-state index in [1.54, 1.807) is 6.92 Å². The summed E-state index contributed by atoms with van der Waals surface area (Å²) in [6.45, 7) is 4.54. The number of anilines is 1. The Hall–Kier alpha value is -1.34. The summed E-state index contributed by atoms with van der Waals surface area (Å²) in [4.78, 5) is 0.170. The van der Waals surface area contributed by atoms with Gasteiger partial charge in [0.05, 0.1) is 16.3 Å². The summed E-state index contributed by atoms with van der Waals surface area (Å²) in [5, 5.41) is 16.2. The molecule has 0 heterocycles. The van der Waals surface area contributed by atoms with Crippen LogP contribution in [0.5, 0.6) is 5.75 Å². The van der Waals surface area contributed by atoms with E-state index < -0.39 is 9.84 Å². The van der Waals surface area contributed by atoms with Gasteiger partial charge < -0.3 is 15.7 Å². The highest BCUT2D eigenvalue weighted by Crippen LogP contribution is 2.26. The molecule has 0 atom stereocenters. The number of hydrogen-bond acceptors (Lipinski definition) is 4. The quantitative estimate of drug-likeness (QED) is 0.329. The van der Waals surface area contributed by atoms with Gasteiger partial charge in [-0.3, -0.25) is 0 Å². The number of phenols is 1. The van der Waals surface area contributed by atoms with Crippen LogP contribution >= 0.6 is 12.2 Å². The molecule has 0 fully saturated rings. The molecule has 1 aromatic carbocycles. The Morgan fingerprint density at radius 3 is 2.46 bits per heavy atom. The molecule has 7 heteroatoms. The van der Waals surface area contributed by atoms with E-state index in [9.17, 15) is 13.5 Å². The lowest BCUT2D eigenvalue weighted by atomic mass is 10.1. The average molecular weight is 373 g/mol. The van der Waals surface area contributed by atoms with Crippen LogP contribution < -0.4 is 10.6 Å². The van der Waals surface area contributed by atoms with Crippen molar-refractivity contribution in [3.8, 4) is 5.75 Å². The minimum Gasteiger partial charge on any atom is -0.506 e. The molecule has 0 saturated heterocycles. The number of sulfone groups is 1. The van der Waals surface area contributed by atoms with E-state index in [1.807, 2.05) is 0 Å². The first-order valence-electron chi connectivity index (χ1n) is 8.51. The summed E-state index contributed by atoms with van der Waals surface area (Å²) >= 11 is 5.20. The summed E-state index contributed by atoms with van der Waals surface area (Å²) in [6, 6.07) is 4.17. The van der Waals surface area contributed by atoms with Gasteiger partial charge in [-0.1, -0.05) is 46.0 Å². The van der Waals surface area contributed by atoms with Crippen LogP contribution in [0.15, 0.2) is 23.1 Å². The van der Waals surface area contributed by atoms with Gasteiger partial charge in [-0.15, -0.1) is 0 Å². The fourth-order valence-electron chi connectivity index (χ4n) is 2.25. The summed E-state index contributed by atoms with van der Waals surface area (Å²) in [6.07, 6.45) is 7.21. The highest BCUT2D eigenvalue weighted by Gasteiger charge is 2.14. The van der Waals surface area contributed by atoms with Crippen LogP contribution in [0.3, 0.4) is 0 Å². The topological polar surface area (TPSA) is 78.4 Å². The van der Waals surface area contributed by atoms with Crippen LogP contribution in [0.2, 0.25) is 0 Å². The van der Waals surface area contributed by atoms with Gasteiger partial charge in [-0.25, -0.2) is 8.42 Å². The maximum absolute atomic E-state index is 11.9. The van der Waals surface area contributed by atoms with Gasteiger partial charge >= 0.3 is 0 Å². The van der Waals surface area contributed by atoms with Crippen molar-refractivity contribution >= 4 is 32.9 Å². The van der Waals surface area contributed by atoms with Crippen LogP contribution in [-0.2, 0) is 9.84 Å². The lowest BCUT2D eigenvalue weighted by molar-refractivity contribution is 0.477. The Kier molecular flexibility index (Phi) is 9.07. The molecule has 0 aromatic heterocycles. The van der Waals surface area contributed by atoms with Crippen molar-refractivity contribution in [3.05, 3.63) is 18.2 Å². The molecule has 0 aliphatic heterocycles. The predicted molar refractivity (Wildman–Crippen MR) is 103 cm³/mol. The van der Waals surface area contributed by atoms with E-state index in [0.717, 1.165) is 19.4 Å². The highest BCUT2D eigenvalue weighted by atomic mass is 32.2. The zero-order chi connectivity index (χ0) is 18.0. The number of rotatable bonds is 10. The van der Waals surface area contributed by atoms with Crippen molar-refractivity contribution in [1.29, 1.82) is 0 Å². The van der Waals surface area contributed by atoms with Crippen LogP contribution in [0, 0.1) is 0 Å². The van der Waals surface area contributed by atoms with Gasteiger partial charge in [0.1, 0.15) is 5.75 Å². The number of thiocarbonyl (C=S) groups is 1. The zero-order valence-electron chi connectivity index (χ0n) is 14.5. The Bertz CT molecular complexity index is 631. The van der Waals surface area contributed by atoms with Crippen molar-refractivity contribution in [1.82, 2.24) is 5.32 Å². The molecule has 24 heavy (non-hydrogen) atoms. The molecule has 5 nitrogen and oxygen atoms in total. The number of benzene rings is 1. The molecule has 0 radical (unpaired) electrons. The number of hydrogen-bond donors (Lipinski definition) is 3. The maximum atomic E-state index is 11.9. The SMILES string of the molecule is CCCCCCCCNC(=S)Nc1cc(S(=O)(=O)CC)ccc1O. The molecule has 0 amide bonds. The Balaban J connectivity index is 2.48. The first kappa shape index (κ1) is 20.7. The van der Waals surface area contributed by atoms with Crippen molar-refractivity contribution in [2.24, 2.45) is 0 Å². The molecular formula is C17H28N2O3S2. The number of aromatic hydroxyl groups is 1. The second-order valence-corrected chi connectivity index (χ2v) is 8.42. The normalized spacial score (nSPS) is 11.2. The number of unbranched alkanes of at least 4 members (excludes halogenated alkanes) is 5. The Morgan fingerprint density at radius 1 is 1.12 bits per heavy atom. The zero-order valence-corrected chi connectivity index (χ0v) is 16.1. The lowest BCUT2D eigenvalue weighted by Gasteiger charge is -2.13. The van der Waals surface area contributed by atoms with E-state index in [-0.39, 0.29) is 16.4 Å². The third-order valence-corrected chi connectivity index (χ3v) is 5.75. The predicted octanol–water partition coefficient (Wildman–Crippen LogP) is 3.83. The molecule has 0 saturated carbocycles. The fraction of sp³-hybridized carbons (Fsp3) is 0.588. The molecule has 0 spiro atoms. The minimum absolute atomic E-state index is 0.0118. The van der Waals surface area contributed by atoms with E-state index >= 15 is 0 Å². The second kappa shape index (κ2) is 10.5. The van der Waals surface area contributed by atoms with Crippen molar-refractivity contribution in [2.75, 3.05) is 17.6 Å². The first-order chi connectivity index (χ1) is 11.4. The molecule has 1 aromatic rings. The van der Waals surface area contributed by atoms with Crippen LogP contribution in [0.1, 0.15) is 52.4 Å². The molecule has 3 N–H and O–H groups in total. The lowest BCUT2D eigenvalue weighted by Crippen LogP contribution is -2.29. The minimum atomic E-state index is -3.32. The van der Waals surface area contributed by atoms with Gasteiger partial charge in [0.2, 0.25) is 0 Å². The third-order valence-electron chi connectivity index (χ3n) is 3.77. The Morgan fingerprint density at radius 2 is 1.79 bits per heavy atom. The van der Waals surface area contributed by atoms with Crippen molar-refractivity contribution in [2.45, 2.75) is 57.3 Å². The van der Waals surface area contributed by atoms with E-state index in [2.05, 4.69) is 17.6 Å². The van der Waals surface area contributed by atoms with E-state index in [1.165, 1.54) is 43.9 Å². The Labute approximate surface area is 150 Å². The van der Waals surface area contributed by atoms with Gasteiger partial charge in [0.25, 0.3) is 0 Å². The van der Waals surface area contributed by atoms with E-state index in [4.69, 9.17) is 12.2 Å². The smallest absolute Gasteiger partial charge is 0.178 e. The third kappa shape index (κ3) is 7.05. The summed E-state index contributed by atoms with van der Waals surface area (Å²) in [5.41, 5.74) is 0.296. The second-order valence-electron chi connectivity index (χ2n) is 5.73. The number of nitrogens with one attached hydrogen (secondary N) is 2. The van der Waals surface area contributed by atoms with Crippen LogP contribution in [0.4, 0.5) is 5.69 Å². The van der Waals surface area contributed by atoms with Gasteiger partial charge in [0.15, 0.2) is 14.9 Å². The molecule has 0 aliphatic carbocycles. The van der Waals surface area contributed by atoms with Gasteiger partial charge in [-0.2, -0.15) is 0 Å². The van der Waals surface area contributed by atoms with E-state index in [0.29, 0.717) is 10.8 Å². The molecule has 0 aliphatic rings. The molecule has 0 bridgehead atoms.